The van der Waals surface area contributed by atoms with Crippen LogP contribution in [0.15, 0.2) is 53.8 Å². The summed E-state index contributed by atoms with van der Waals surface area (Å²) in [5.41, 5.74) is 1.37. The van der Waals surface area contributed by atoms with Crippen molar-refractivity contribution in [2.75, 3.05) is 5.32 Å². The number of rotatable bonds is 4. The second-order valence-corrected chi connectivity index (χ2v) is 5.41. The first-order valence-corrected chi connectivity index (χ1v) is 7.69. The Kier molecular flexibility index (Phi) is 6.34. The molecule has 0 amide bonds. The van der Waals surface area contributed by atoms with Gasteiger partial charge in [-0.1, -0.05) is 6.07 Å². The number of ether oxygens (including phenoxy) is 1. The number of aliphatic imine (C=N–C) groups is 1. The lowest BCUT2D eigenvalue weighted by Gasteiger charge is -2.13. The molecule has 10 heteroatoms. The maximum Gasteiger partial charge on any atom is 0.573 e. The van der Waals surface area contributed by atoms with Gasteiger partial charge >= 0.3 is 6.36 Å². The number of pyridine rings is 1. The van der Waals surface area contributed by atoms with Crippen LogP contribution in [0.1, 0.15) is 5.56 Å². The zero-order chi connectivity index (χ0) is 18.3. The number of nitrogens with zero attached hydrogens (tertiary/aromatic N) is 2. The molecule has 0 aliphatic heterocycles. The van der Waals surface area contributed by atoms with E-state index >= 15 is 0 Å². The van der Waals surface area contributed by atoms with Crippen LogP contribution in [-0.4, -0.2) is 22.1 Å². The number of halogens is 4. The minimum absolute atomic E-state index is 0.120. The lowest BCUT2D eigenvalue weighted by atomic mass is 10.3. The third-order valence-corrected chi connectivity index (χ3v) is 2.92. The van der Waals surface area contributed by atoms with Gasteiger partial charge in [-0.05, 0) is 51.8 Å². The van der Waals surface area contributed by atoms with E-state index in [1.807, 2.05) is 6.07 Å². The van der Waals surface area contributed by atoms with Crippen molar-refractivity contribution in [2.24, 2.45) is 4.99 Å². The van der Waals surface area contributed by atoms with E-state index in [9.17, 15) is 13.2 Å². The predicted molar refractivity (Wildman–Crippen MR) is 91.9 cm³/mol. The van der Waals surface area contributed by atoms with E-state index in [1.165, 1.54) is 24.3 Å². The highest BCUT2D eigenvalue weighted by Crippen LogP contribution is 2.23. The first-order valence-electron chi connectivity index (χ1n) is 6.90. The highest BCUT2D eigenvalue weighted by atomic mass is 79.9. The van der Waals surface area contributed by atoms with Crippen molar-refractivity contribution >= 4 is 32.3 Å². The second-order valence-electron chi connectivity index (χ2n) is 4.66. The fourth-order valence-electron chi connectivity index (χ4n) is 1.77. The maximum atomic E-state index is 12.2. The van der Waals surface area contributed by atoms with Crippen molar-refractivity contribution < 1.29 is 17.9 Å². The molecule has 0 saturated carbocycles. The normalized spacial score (nSPS) is 11.8. The van der Waals surface area contributed by atoms with Gasteiger partial charge in [-0.25, -0.2) is 0 Å². The Bertz CT molecular complexity index is 735. The summed E-state index contributed by atoms with van der Waals surface area (Å²) in [6, 6.07) is 8.80. The standard InChI is InChI=1S/C15H13BrF3N5O/c16-13(20)24-14(22-9-10-2-1-7-21-8-10)23-11-3-5-12(6-4-11)25-15(17,18)19/h1-8H,9H2,(H3,20,22,23,24). The fourth-order valence-corrected chi connectivity index (χ4v) is 1.95. The van der Waals surface area contributed by atoms with Crippen molar-refractivity contribution in [1.82, 2.24) is 10.3 Å². The third kappa shape index (κ3) is 7.21. The van der Waals surface area contributed by atoms with E-state index < -0.39 is 6.36 Å². The van der Waals surface area contributed by atoms with E-state index in [0.717, 1.165) is 5.56 Å². The van der Waals surface area contributed by atoms with Crippen molar-refractivity contribution in [1.29, 1.82) is 5.41 Å². The topological polar surface area (TPSA) is 82.4 Å². The average Bonchev–Trinajstić information content (AvgIpc) is 2.53. The van der Waals surface area contributed by atoms with Gasteiger partial charge in [-0.3, -0.25) is 10.4 Å². The molecule has 132 valence electrons. The van der Waals surface area contributed by atoms with Gasteiger partial charge in [0.05, 0.1) is 0 Å². The van der Waals surface area contributed by atoms with Crippen LogP contribution in [0.25, 0.3) is 0 Å². The number of hydrogen-bond donors (Lipinski definition) is 3. The summed E-state index contributed by atoms with van der Waals surface area (Å²) in [6.07, 6.45) is -1.42. The Morgan fingerprint density at radius 2 is 1.96 bits per heavy atom. The van der Waals surface area contributed by atoms with E-state index in [-0.39, 0.29) is 16.5 Å². The van der Waals surface area contributed by atoms with Crippen molar-refractivity contribution in [3.8, 4) is 5.75 Å². The van der Waals surface area contributed by atoms with E-state index in [0.29, 0.717) is 12.2 Å². The van der Waals surface area contributed by atoms with E-state index in [4.69, 9.17) is 5.41 Å². The van der Waals surface area contributed by atoms with Crippen molar-refractivity contribution in [3.63, 3.8) is 0 Å². The smallest absolute Gasteiger partial charge is 0.406 e. The van der Waals surface area contributed by atoms with E-state index in [2.05, 4.69) is 41.3 Å². The summed E-state index contributed by atoms with van der Waals surface area (Å²) in [7, 11) is 0. The van der Waals surface area contributed by atoms with Gasteiger partial charge in [-0.2, -0.15) is 4.99 Å². The lowest BCUT2D eigenvalue weighted by Crippen LogP contribution is -2.30. The SMILES string of the molecule is N=C(Br)/N=C(/NCc1cccnc1)Nc1ccc(OC(F)(F)F)cc1. The Balaban J connectivity index is 2.03. The third-order valence-electron chi connectivity index (χ3n) is 2.74. The molecule has 2 aromatic rings. The summed E-state index contributed by atoms with van der Waals surface area (Å²) in [4.78, 5) is 7.92. The van der Waals surface area contributed by atoms with Gasteiger partial charge in [0.2, 0.25) is 5.96 Å². The monoisotopic (exact) mass is 415 g/mol. The summed E-state index contributed by atoms with van der Waals surface area (Å²) >= 11 is 2.92. The number of guanidine groups is 1. The molecule has 1 aromatic carbocycles. The quantitative estimate of drug-likeness (QED) is 0.402. The molecular formula is C15H13BrF3N5O. The second kappa shape index (κ2) is 8.47. The number of hydrogen-bond acceptors (Lipinski definition) is 3. The zero-order valence-corrected chi connectivity index (χ0v) is 14.2. The van der Waals surface area contributed by atoms with Crippen LogP contribution in [0.2, 0.25) is 0 Å². The minimum atomic E-state index is -4.74. The van der Waals surface area contributed by atoms with Crippen molar-refractivity contribution in [3.05, 3.63) is 54.4 Å². The molecule has 0 spiro atoms. The molecule has 2 rings (SSSR count). The van der Waals surface area contributed by atoms with Gasteiger partial charge in [0.15, 0.2) is 4.74 Å². The minimum Gasteiger partial charge on any atom is -0.406 e. The maximum absolute atomic E-state index is 12.2. The first kappa shape index (κ1) is 18.7. The molecule has 6 nitrogen and oxygen atoms in total. The fraction of sp³-hybridized carbons (Fsp3) is 0.133. The van der Waals surface area contributed by atoms with Crippen molar-refractivity contribution in [2.45, 2.75) is 12.9 Å². The number of alkyl halides is 3. The number of amidine groups is 1. The largest absolute Gasteiger partial charge is 0.573 e. The van der Waals surface area contributed by atoms with Crippen LogP contribution in [-0.2, 0) is 6.54 Å². The molecule has 0 atom stereocenters. The van der Waals surface area contributed by atoms with Gasteiger partial charge in [0, 0.05) is 24.6 Å². The van der Waals surface area contributed by atoms with Crippen LogP contribution in [0.5, 0.6) is 5.75 Å². The molecule has 0 unspecified atom stereocenters. The highest BCUT2D eigenvalue weighted by molar-refractivity contribution is 9.18. The molecule has 1 aromatic heterocycles. The molecule has 25 heavy (non-hydrogen) atoms. The first-order chi connectivity index (χ1) is 11.8. The molecular weight excluding hydrogens is 403 g/mol. The molecule has 0 fully saturated rings. The average molecular weight is 416 g/mol. The Morgan fingerprint density at radius 3 is 2.52 bits per heavy atom. The Labute approximate surface area is 149 Å². The van der Waals surface area contributed by atoms with Crippen LogP contribution >= 0.6 is 15.9 Å². The molecule has 0 aliphatic rings. The van der Waals surface area contributed by atoms with Crippen LogP contribution in [0.4, 0.5) is 18.9 Å². The van der Waals surface area contributed by atoms with Crippen LogP contribution in [0, 0.1) is 5.41 Å². The van der Waals surface area contributed by atoms with Crippen LogP contribution in [0.3, 0.4) is 0 Å². The molecule has 0 aliphatic carbocycles. The number of anilines is 1. The van der Waals surface area contributed by atoms with Crippen LogP contribution < -0.4 is 15.4 Å². The Hall–Kier alpha value is -2.62. The van der Waals surface area contributed by atoms with Gasteiger partial charge in [-0.15, -0.1) is 13.2 Å². The molecule has 0 saturated heterocycles. The lowest BCUT2D eigenvalue weighted by molar-refractivity contribution is -0.274. The van der Waals surface area contributed by atoms with Gasteiger partial charge in [0.25, 0.3) is 0 Å². The molecule has 0 bridgehead atoms. The van der Waals surface area contributed by atoms with Gasteiger partial charge < -0.3 is 15.4 Å². The van der Waals surface area contributed by atoms with Gasteiger partial charge in [0.1, 0.15) is 5.75 Å². The summed E-state index contributed by atoms with van der Waals surface area (Å²) < 4.78 is 40.2. The number of aromatic nitrogens is 1. The molecule has 0 radical (unpaired) electrons. The summed E-state index contributed by atoms with van der Waals surface area (Å²) in [6.45, 7) is 0.398. The Morgan fingerprint density at radius 1 is 1.24 bits per heavy atom. The molecule has 3 N–H and O–H groups in total. The highest BCUT2D eigenvalue weighted by Gasteiger charge is 2.30. The number of nitrogens with one attached hydrogen (secondary N) is 3. The summed E-state index contributed by atoms with van der Waals surface area (Å²) in [5, 5.41) is 13.3. The zero-order valence-electron chi connectivity index (χ0n) is 12.6. The van der Waals surface area contributed by atoms with E-state index in [1.54, 1.807) is 18.5 Å². The summed E-state index contributed by atoms with van der Waals surface area (Å²) in [5.74, 6) is -0.0803. The molecule has 1 heterocycles. The predicted octanol–water partition coefficient (Wildman–Crippen LogP) is 3.87. The number of benzene rings is 1.